The zero-order chi connectivity index (χ0) is 20.3. The molecule has 2 heterocycles. The highest BCUT2D eigenvalue weighted by molar-refractivity contribution is 7.10. The number of hydrogen-bond donors (Lipinski definition) is 2. The molecule has 3 rings (SSSR count). The summed E-state index contributed by atoms with van der Waals surface area (Å²) in [7, 11) is 0. The molecule has 1 saturated carbocycles. The fraction of sp³-hybridized carbons (Fsp3) is 0.727. The van der Waals surface area contributed by atoms with E-state index < -0.39 is 11.6 Å². The average Bonchev–Trinajstić information content (AvgIpc) is 3.37. The molecule has 1 aliphatic carbocycles. The Morgan fingerprint density at radius 2 is 2.00 bits per heavy atom. The molecule has 1 aromatic rings. The first-order valence-electron chi connectivity index (χ1n) is 10.8. The number of rotatable bonds is 6. The number of aliphatic hydroxyl groups is 1. The number of carbonyl (C=O) groups is 2. The minimum absolute atomic E-state index is 0.0169. The second-order valence-electron chi connectivity index (χ2n) is 8.58. The normalized spacial score (nSPS) is 28.7. The van der Waals surface area contributed by atoms with Gasteiger partial charge >= 0.3 is 0 Å². The summed E-state index contributed by atoms with van der Waals surface area (Å²) in [5, 5.41) is 16.4. The second-order valence-corrected chi connectivity index (χ2v) is 9.56. The first-order chi connectivity index (χ1) is 13.4. The highest BCUT2D eigenvalue weighted by Gasteiger charge is 2.49. The van der Waals surface area contributed by atoms with Crippen LogP contribution >= 0.6 is 11.3 Å². The Balaban J connectivity index is 1.92. The predicted molar refractivity (Wildman–Crippen MR) is 112 cm³/mol. The second kappa shape index (κ2) is 8.95. The molecular weight excluding hydrogens is 372 g/mol. The molecule has 2 N–H and O–H groups in total. The van der Waals surface area contributed by atoms with E-state index in [-0.39, 0.29) is 29.7 Å². The lowest BCUT2D eigenvalue weighted by Gasteiger charge is -2.49. The number of amides is 2. The molecule has 2 amide bonds. The fourth-order valence-corrected chi connectivity index (χ4v) is 5.63. The molecule has 1 aliphatic heterocycles. The monoisotopic (exact) mass is 406 g/mol. The highest BCUT2D eigenvalue weighted by Crippen LogP contribution is 2.40. The lowest BCUT2D eigenvalue weighted by Crippen LogP contribution is -2.64. The minimum Gasteiger partial charge on any atom is -0.388 e. The van der Waals surface area contributed by atoms with Crippen LogP contribution in [-0.4, -0.2) is 40.0 Å². The first kappa shape index (κ1) is 21.3. The van der Waals surface area contributed by atoms with E-state index in [0.29, 0.717) is 13.0 Å². The molecular formula is C22H34N2O3S. The van der Waals surface area contributed by atoms with Crippen molar-refractivity contribution in [3.8, 4) is 0 Å². The largest absolute Gasteiger partial charge is 0.388 e. The van der Waals surface area contributed by atoms with E-state index in [1.54, 1.807) is 18.3 Å². The molecule has 2 fully saturated rings. The molecule has 6 heteroatoms. The summed E-state index contributed by atoms with van der Waals surface area (Å²) in [5.41, 5.74) is -1.05. The summed E-state index contributed by atoms with van der Waals surface area (Å²) in [6.07, 6.45) is 6.09. The quantitative estimate of drug-likeness (QED) is 0.753. The number of nitrogens with one attached hydrogen (secondary N) is 1. The first-order valence-corrected chi connectivity index (χ1v) is 11.6. The molecule has 0 radical (unpaired) electrons. The molecule has 1 saturated heterocycles. The van der Waals surface area contributed by atoms with Gasteiger partial charge in [0.2, 0.25) is 11.8 Å². The van der Waals surface area contributed by atoms with Crippen LogP contribution in [0.4, 0.5) is 0 Å². The number of nitrogens with zero attached hydrogens (tertiary/aromatic N) is 1. The summed E-state index contributed by atoms with van der Waals surface area (Å²) in [5.74, 6) is 0.182. The maximum absolute atomic E-state index is 13.3. The van der Waals surface area contributed by atoms with Crippen LogP contribution in [0.5, 0.6) is 0 Å². The van der Waals surface area contributed by atoms with Crippen molar-refractivity contribution < 1.29 is 14.7 Å². The van der Waals surface area contributed by atoms with Crippen molar-refractivity contribution in [1.82, 2.24) is 10.2 Å². The molecule has 0 aromatic carbocycles. The van der Waals surface area contributed by atoms with Gasteiger partial charge in [0.15, 0.2) is 0 Å². The highest BCUT2D eigenvalue weighted by atomic mass is 32.1. The summed E-state index contributed by atoms with van der Waals surface area (Å²) >= 11 is 1.59. The van der Waals surface area contributed by atoms with Crippen molar-refractivity contribution in [2.24, 2.45) is 11.8 Å². The molecule has 0 spiro atoms. The standard InChI is InChI=1S/C22H34N2O3S/c1-4-15(5-2)21(26)24-13-12-22(3,27)19(18(24)17-11-8-14-28-17)23-20(25)16-9-6-7-10-16/h8,11,14-16,18-19,27H,4-7,9-10,12-13H2,1-3H3,(H,23,25). The topological polar surface area (TPSA) is 69.6 Å². The van der Waals surface area contributed by atoms with Gasteiger partial charge < -0.3 is 15.3 Å². The van der Waals surface area contributed by atoms with Crippen molar-refractivity contribution in [2.45, 2.75) is 83.4 Å². The summed E-state index contributed by atoms with van der Waals surface area (Å²) in [6.45, 7) is 6.41. The number of piperidine rings is 1. The van der Waals surface area contributed by atoms with E-state index >= 15 is 0 Å². The van der Waals surface area contributed by atoms with Crippen molar-refractivity contribution >= 4 is 23.2 Å². The third kappa shape index (κ3) is 4.28. The summed E-state index contributed by atoms with van der Waals surface area (Å²) in [4.78, 5) is 29.2. The molecule has 156 valence electrons. The van der Waals surface area contributed by atoms with Crippen molar-refractivity contribution in [3.05, 3.63) is 22.4 Å². The lowest BCUT2D eigenvalue weighted by atomic mass is 9.80. The van der Waals surface area contributed by atoms with Crippen LogP contribution in [0.25, 0.3) is 0 Å². The van der Waals surface area contributed by atoms with Crippen LogP contribution in [0.3, 0.4) is 0 Å². The van der Waals surface area contributed by atoms with Gasteiger partial charge in [-0.3, -0.25) is 9.59 Å². The number of thiophene rings is 1. The van der Waals surface area contributed by atoms with Gasteiger partial charge in [-0.05, 0) is 50.5 Å². The predicted octanol–water partition coefficient (Wildman–Crippen LogP) is 3.88. The SMILES string of the molecule is CCC(CC)C(=O)N1CCC(C)(O)C(NC(=O)C2CCCC2)C1c1cccs1. The van der Waals surface area contributed by atoms with E-state index in [9.17, 15) is 14.7 Å². The molecule has 0 bridgehead atoms. The van der Waals surface area contributed by atoms with Gasteiger partial charge in [0.05, 0.1) is 17.7 Å². The maximum atomic E-state index is 13.3. The number of hydrogen-bond acceptors (Lipinski definition) is 4. The molecule has 1 aromatic heterocycles. The van der Waals surface area contributed by atoms with E-state index in [2.05, 4.69) is 5.32 Å². The van der Waals surface area contributed by atoms with E-state index in [4.69, 9.17) is 0 Å². The average molecular weight is 407 g/mol. The number of likely N-dealkylation sites (tertiary alicyclic amines) is 1. The van der Waals surface area contributed by atoms with Crippen molar-refractivity contribution in [2.75, 3.05) is 6.54 Å². The Hall–Kier alpha value is -1.40. The van der Waals surface area contributed by atoms with Crippen molar-refractivity contribution in [3.63, 3.8) is 0 Å². The van der Waals surface area contributed by atoms with Crippen LogP contribution in [0.15, 0.2) is 17.5 Å². The Morgan fingerprint density at radius 1 is 1.32 bits per heavy atom. The maximum Gasteiger partial charge on any atom is 0.226 e. The molecule has 28 heavy (non-hydrogen) atoms. The van der Waals surface area contributed by atoms with Crippen LogP contribution in [-0.2, 0) is 9.59 Å². The van der Waals surface area contributed by atoms with Crippen LogP contribution in [0.1, 0.15) is 76.6 Å². The summed E-state index contributed by atoms with van der Waals surface area (Å²) < 4.78 is 0. The van der Waals surface area contributed by atoms with Gasteiger partial charge in [0.1, 0.15) is 0 Å². The summed E-state index contributed by atoms with van der Waals surface area (Å²) in [6, 6.07) is 3.17. The minimum atomic E-state index is -1.05. The van der Waals surface area contributed by atoms with E-state index in [0.717, 1.165) is 43.4 Å². The number of carbonyl (C=O) groups excluding carboxylic acids is 2. The van der Waals surface area contributed by atoms with Gasteiger partial charge in [0, 0.05) is 23.3 Å². The van der Waals surface area contributed by atoms with Gasteiger partial charge in [-0.15, -0.1) is 11.3 Å². The Kier molecular flexibility index (Phi) is 6.81. The van der Waals surface area contributed by atoms with Crippen molar-refractivity contribution in [1.29, 1.82) is 0 Å². The molecule has 3 unspecified atom stereocenters. The molecule has 5 nitrogen and oxygen atoms in total. The Labute approximate surface area is 172 Å². The molecule has 3 atom stereocenters. The zero-order valence-electron chi connectivity index (χ0n) is 17.3. The van der Waals surface area contributed by atoms with Gasteiger partial charge in [0.25, 0.3) is 0 Å². The zero-order valence-corrected chi connectivity index (χ0v) is 18.1. The third-order valence-electron chi connectivity index (χ3n) is 6.66. The lowest BCUT2D eigenvalue weighted by molar-refractivity contribution is -0.150. The molecule has 2 aliphatic rings. The van der Waals surface area contributed by atoms with Gasteiger partial charge in [-0.1, -0.05) is 32.8 Å². The Bertz CT molecular complexity index is 663. The Morgan fingerprint density at radius 3 is 2.57 bits per heavy atom. The smallest absolute Gasteiger partial charge is 0.226 e. The van der Waals surface area contributed by atoms with E-state index in [1.165, 1.54) is 0 Å². The van der Waals surface area contributed by atoms with Gasteiger partial charge in [-0.25, -0.2) is 0 Å². The van der Waals surface area contributed by atoms with Crippen LogP contribution < -0.4 is 5.32 Å². The van der Waals surface area contributed by atoms with E-state index in [1.807, 2.05) is 36.3 Å². The fourth-order valence-electron chi connectivity index (χ4n) is 4.75. The third-order valence-corrected chi connectivity index (χ3v) is 7.60. The van der Waals surface area contributed by atoms with Gasteiger partial charge in [-0.2, -0.15) is 0 Å². The van der Waals surface area contributed by atoms with Crippen LogP contribution in [0, 0.1) is 11.8 Å². The van der Waals surface area contributed by atoms with Crippen LogP contribution in [0.2, 0.25) is 0 Å².